The second-order valence-electron chi connectivity index (χ2n) is 6.29. The Morgan fingerprint density at radius 2 is 2.04 bits per heavy atom. The number of aliphatic imine (C=N–C) groups is 1. The minimum Gasteiger partial charge on any atom is -0.373 e. The third-order valence-electron chi connectivity index (χ3n) is 3.97. The molecule has 0 radical (unpaired) electrons. The summed E-state index contributed by atoms with van der Waals surface area (Å²) in [6.07, 6.45) is 3.28. The smallest absolute Gasteiger partial charge is 0.191 e. The Balaban J connectivity index is 0.00000312. The summed E-state index contributed by atoms with van der Waals surface area (Å²) in [6.45, 7) is 11.7. The van der Waals surface area contributed by atoms with Gasteiger partial charge in [0.25, 0.3) is 0 Å². The van der Waals surface area contributed by atoms with Crippen molar-refractivity contribution < 1.29 is 4.74 Å². The van der Waals surface area contributed by atoms with Crippen molar-refractivity contribution in [3.63, 3.8) is 0 Å². The molecule has 0 bridgehead atoms. The van der Waals surface area contributed by atoms with E-state index in [1.807, 2.05) is 7.05 Å². The molecular weight excluding hydrogens is 433 g/mol. The summed E-state index contributed by atoms with van der Waals surface area (Å²) >= 11 is 0. The summed E-state index contributed by atoms with van der Waals surface area (Å²) in [4.78, 5) is 11.2. The zero-order chi connectivity index (χ0) is 17.4. The predicted molar refractivity (Wildman–Crippen MR) is 110 cm³/mol. The van der Waals surface area contributed by atoms with Crippen LogP contribution in [0.15, 0.2) is 11.3 Å². The van der Waals surface area contributed by atoms with E-state index in [1.165, 1.54) is 0 Å². The molecule has 0 aromatic carbocycles. The van der Waals surface area contributed by atoms with Crippen LogP contribution in [-0.2, 0) is 18.3 Å². The maximum absolute atomic E-state index is 5.77. The van der Waals surface area contributed by atoms with E-state index in [1.54, 1.807) is 11.0 Å². The monoisotopic (exact) mass is 465 g/mol. The van der Waals surface area contributed by atoms with Crippen molar-refractivity contribution in [2.24, 2.45) is 12.0 Å². The molecule has 2 N–H and O–H groups in total. The number of rotatable bonds is 7. The molecule has 1 aliphatic rings. The van der Waals surface area contributed by atoms with Gasteiger partial charge in [0.15, 0.2) is 5.96 Å². The van der Waals surface area contributed by atoms with E-state index in [4.69, 9.17) is 4.74 Å². The van der Waals surface area contributed by atoms with Gasteiger partial charge in [0, 0.05) is 39.8 Å². The Morgan fingerprint density at radius 1 is 1.32 bits per heavy atom. The van der Waals surface area contributed by atoms with Gasteiger partial charge in [-0.2, -0.15) is 5.10 Å². The van der Waals surface area contributed by atoms with Crippen LogP contribution >= 0.6 is 24.0 Å². The molecule has 2 atom stereocenters. The second kappa shape index (κ2) is 11.6. The molecule has 0 amide bonds. The van der Waals surface area contributed by atoms with Crippen LogP contribution in [-0.4, -0.2) is 70.6 Å². The number of hydrogen-bond acceptors (Lipinski definition) is 5. The lowest BCUT2D eigenvalue weighted by molar-refractivity contribution is -0.0679. The largest absolute Gasteiger partial charge is 0.373 e. The van der Waals surface area contributed by atoms with Crippen molar-refractivity contribution in [1.29, 1.82) is 0 Å². The first kappa shape index (κ1) is 22.1. The van der Waals surface area contributed by atoms with Gasteiger partial charge in [-0.3, -0.25) is 9.58 Å². The fourth-order valence-electron chi connectivity index (χ4n) is 2.93. The molecule has 0 spiro atoms. The van der Waals surface area contributed by atoms with Crippen LogP contribution in [0, 0.1) is 0 Å². The molecule has 144 valence electrons. The van der Waals surface area contributed by atoms with Crippen LogP contribution < -0.4 is 10.6 Å². The van der Waals surface area contributed by atoms with E-state index in [-0.39, 0.29) is 24.0 Å². The highest BCUT2D eigenvalue weighted by atomic mass is 127. The molecule has 1 aliphatic heterocycles. The quantitative estimate of drug-likeness (QED) is 0.271. The summed E-state index contributed by atoms with van der Waals surface area (Å²) in [5.41, 5.74) is 0. The minimum atomic E-state index is 0. The fourth-order valence-corrected chi connectivity index (χ4v) is 2.93. The van der Waals surface area contributed by atoms with Crippen LogP contribution in [0.5, 0.6) is 0 Å². The molecule has 1 aromatic heterocycles. The van der Waals surface area contributed by atoms with Crippen molar-refractivity contribution in [1.82, 2.24) is 30.3 Å². The van der Waals surface area contributed by atoms with E-state index in [2.05, 4.69) is 51.4 Å². The number of morpholine rings is 1. The van der Waals surface area contributed by atoms with Gasteiger partial charge in [0.05, 0.1) is 12.2 Å². The van der Waals surface area contributed by atoms with E-state index < -0.39 is 0 Å². The van der Waals surface area contributed by atoms with Crippen LogP contribution in [0.4, 0.5) is 0 Å². The number of hydrogen-bond donors (Lipinski definition) is 2. The average Bonchev–Trinajstić information content (AvgIpc) is 2.93. The van der Waals surface area contributed by atoms with Crippen LogP contribution in [0.25, 0.3) is 0 Å². The summed E-state index contributed by atoms with van der Waals surface area (Å²) in [7, 11) is 1.88. The first-order valence-corrected chi connectivity index (χ1v) is 8.81. The topological polar surface area (TPSA) is 79.6 Å². The van der Waals surface area contributed by atoms with Gasteiger partial charge in [0.2, 0.25) is 0 Å². The lowest BCUT2D eigenvalue weighted by atomic mass is 10.2. The highest BCUT2D eigenvalue weighted by Crippen LogP contribution is 2.10. The SMILES string of the molecule is CCNC(=NCc1ncnn1C)NCCCN1CC(C)OC(C)C1.I. The maximum Gasteiger partial charge on any atom is 0.191 e. The molecule has 1 saturated heterocycles. The zero-order valence-corrected chi connectivity index (χ0v) is 18.1. The third-order valence-corrected chi connectivity index (χ3v) is 3.97. The van der Waals surface area contributed by atoms with Gasteiger partial charge >= 0.3 is 0 Å². The second-order valence-corrected chi connectivity index (χ2v) is 6.29. The number of aryl methyl sites for hydroxylation is 1. The van der Waals surface area contributed by atoms with Gasteiger partial charge in [-0.1, -0.05) is 0 Å². The molecule has 2 unspecified atom stereocenters. The van der Waals surface area contributed by atoms with Gasteiger partial charge in [-0.25, -0.2) is 9.98 Å². The molecule has 1 aromatic rings. The Hall–Kier alpha value is -0.940. The number of nitrogens with one attached hydrogen (secondary N) is 2. The number of nitrogens with zero attached hydrogens (tertiary/aromatic N) is 5. The molecule has 1 fully saturated rings. The maximum atomic E-state index is 5.77. The number of halogens is 1. The van der Waals surface area contributed by atoms with E-state index in [9.17, 15) is 0 Å². The summed E-state index contributed by atoms with van der Waals surface area (Å²) in [5.74, 6) is 1.67. The Labute approximate surface area is 167 Å². The van der Waals surface area contributed by atoms with Crippen molar-refractivity contribution in [3.05, 3.63) is 12.2 Å². The first-order chi connectivity index (χ1) is 11.6. The van der Waals surface area contributed by atoms with Gasteiger partial charge in [-0.05, 0) is 27.2 Å². The van der Waals surface area contributed by atoms with Crippen molar-refractivity contribution in [3.8, 4) is 0 Å². The zero-order valence-electron chi connectivity index (χ0n) is 15.7. The first-order valence-electron chi connectivity index (χ1n) is 8.81. The fraction of sp³-hybridized carbons (Fsp3) is 0.812. The average molecular weight is 465 g/mol. The Kier molecular flexibility index (Phi) is 10.3. The standard InChI is InChI=1S/C16H31N7O.HI/c1-5-17-16(19-9-15-20-12-21-22(15)4)18-7-6-8-23-10-13(2)24-14(3)11-23;/h12-14H,5-11H2,1-4H3,(H2,17,18,19);1H. The summed E-state index contributed by atoms with van der Waals surface area (Å²) < 4.78 is 7.51. The molecule has 0 saturated carbocycles. The predicted octanol–water partition coefficient (Wildman–Crippen LogP) is 0.988. The molecule has 2 heterocycles. The van der Waals surface area contributed by atoms with Crippen molar-refractivity contribution in [2.45, 2.75) is 45.9 Å². The highest BCUT2D eigenvalue weighted by molar-refractivity contribution is 14.0. The van der Waals surface area contributed by atoms with E-state index in [0.29, 0.717) is 18.8 Å². The molecule has 25 heavy (non-hydrogen) atoms. The molecule has 8 nitrogen and oxygen atoms in total. The number of ether oxygens (including phenoxy) is 1. The molecule has 9 heteroatoms. The lowest BCUT2D eigenvalue weighted by Gasteiger charge is -2.35. The molecule has 2 rings (SSSR count). The summed E-state index contributed by atoms with van der Waals surface area (Å²) in [5, 5.41) is 10.7. The van der Waals surface area contributed by atoms with Crippen molar-refractivity contribution in [2.75, 3.05) is 32.7 Å². The van der Waals surface area contributed by atoms with Crippen LogP contribution in [0.3, 0.4) is 0 Å². The molecular formula is C16H32IN7O. The van der Waals surface area contributed by atoms with Crippen LogP contribution in [0.2, 0.25) is 0 Å². The Bertz CT molecular complexity index is 512. The van der Waals surface area contributed by atoms with Gasteiger partial charge < -0.3 is 15.4 Å². The summed E-state index contributed by atoms with van der Waals surface area (Å²) in [6, 6.07) is 0. The highest BCUT2D eigenvalue weighted by Gasteiger charge is 2.21. The van der Waals surface area contributed by atoms with Crippen LogP contribution in [0.1, 0.15) is 33.0 Å². The van der Waals surface area contributed by atoms with Gasteiger partial charge in [-0.15, -0.1) is 24.0 Å². The number of aromatic nitrogens is 3. The molecule has 0 aliphatic carbocycles. The number of guanidine groups is 1. The van der Waals surface area contributed by atoms with Crippen molar-refractivity contribution >= 4 is 29.9 Å². The normalized spacial score (nSPS) is 21.7. The van der Waals surface area contributed by atoms with E-state index in [0.717, 1.165) is 50.9 Å². The van der Waals surface area contributed by atoms with Gasteiger partial charge in [0.1, 0.15) is 18.7 Å². The Morgan fingerprint density at radius 3 is 2.64 bits per heavy atom. The lowest BCUT2D eigenvalue weighted by Crippen LogP contribution is -2.46. The minimum absolute atomic E-state index is 0. The van der Waals surface area contributed by atoms with E-state index >= 15 is 0 Å². The third kappa shape index (κ3) is 7.87.